The second kappa shape index (κ2) is 8.44. The first-order valence-corrected chi connectivity index (χ1v) is 6.64. The number of nitrogens with zero attached hydrogens (tertiary/aromatic N) is 2. The number of carbonyl (C=O) groups is 1. The van der Waals surface area contributed by atoms with Gasteiger partial charge >= 0.3 is 0 Å². The summed E-state index contributed by atoms with van der Waals surface area (Å²) >= 11 is 0. The number of amides is 1. The Labute approximate surface area is 114 Å². The summed E-state index contributed by atoms with van der Waals surface area (Å²) in [5, 5.41) is 2.88. The number of aromatic nitrogens is 1. The van der Waals surface area contributed by atoms with Crippen molar-refractivity contribution < 1.29 is 4.79 Å². The molecular formula is C13H23N5O. The number of nitrogens with one attached hydrogen (secondary N) is 2. The second-order valence-electron chi connectivity index (χ2n) is 4.21. The highest BCUT2D eigenvalue weighted by atomic mass is 16.1. The molecule has 106 valence electrons. The van der Waals surface area contributed by atoms with E-state index in [4.69, 9.17) is 5.84 Å². The summed E-state index contributed by atoms with van der Waals surface area (Å²) in [5.41, 5.74) is 2.97. The van der Waals surface area contributed by atoms with Crippen LogP contribution in [0, 0.1) is 0 Å². The zero-order valence-electron chi connectivity index (χ0n) is 11.6. The molecule has 6 heteroatoms. The van der Waals surface area contributed by atoms with Crippen LogP contribution in [-0.4, -0.2) is 42.0 Å². The topological polar surface area (TPSA) is 83.3 Å². The maximum atomic E-state index is 11.8. The van der Waals surface area contributed by atoms with E-state index in [1.54, 1.807) is 12.1 Å². The Balaban J connectivity index is 2.30. The van der Waals surface area contributed by atoms with Crippen LogP contribution < -0.4 is 16.6 Å². The summed E-state index contributed by atoms with van der Waals surface area (Å²) in [6.07, 6.45) is 2.46. The summed E-state index contributed by atoms with van der Waals surface area (Å²) in [7, 11) is 0. The molecule has 19 heavy (non-hydrogen) atoms. The van der Waals surface area contributed by atoms with Gasteiger partial charge in [0, 0.05) is 12.7 Å². The standard InChI is InChI=1S/C13H23N5O/c1-3-18(4-2)9-5-8-15-13(19)11-6-7-12(17-14)16-10-11/h6-7,10H,3-5,8-9,14H2,1-2H3,(H,15,19)(H,16,17). The Morgan fingerprint density at radius 3 is 2.63 bits per heavy atom. The van der Waals surface area contributed by atoms with Crippen LogP contribution in [0.3, 0.4) is 0 Å². The lowest BCUT2D eigenvalue weighted by atomic mass is 10.2. The van der Waals surface area contributed by atoms with Gasteiger partial charge in [-0.2, -0.15) is 0 Å². The van der Waals surface area contributed by atoms with Gasteiger partial charge in [-0.25, -0.2) is 10.8 Å². The molecule has 0 spiro atoms. The zero-order chi connectivity index (χ0) is 14.1. The summed E-state index contributed by atoms with van der Waals surface area (Å²) < 4.78 is 0. The average Bonchev–Trinajstić information content (AvgIpc) is 2.47. The molecule has 1 aromatic heterocycles. The Kier molecular flexibility index (Phi) is 6.84. The van der Waals surface area contributed by atoms with E-state index in [1.165, 1.54) is 6.20 Å². The lowest BCUT2D eigenvalue weighted by molar-refractivity contribution is 0.0951. The third-order valence-electron chi connectivity index (χ3n) is 3.00. The fourth-order valence-electron chi connectivity index (χ4n) is 1.76. The predicted molar refractivity (Wildman–Crippen MR) is 76.8 cm³/mol. The largest absolute Gasteiger partial charge is 0.352 e. The lowest BCUT2D eigenvalue weighted by Gasteiger charge is -2.17. The number of nitrogen functional groups attached to an aromatic ring is 1. The highest BCUT2D eigenvalue weighted by molar-refractivity contribution is 5.93. The molecule has 1 heterocycles. The predicted octanol–water partition coefficient (Wildman–Crippen LogP) is 0.829. The SMILES string of the molecule is CCN(CC)CCCNC(=O)c1ccc(NN)nc1. The molecule has 6 nitrogen and oxygen atoms in total. The molecule has 0 aliphatic rings. The minimum Gasteiger partial charge on any atom is -0.352 e. The minimum absolute atomic E-state index is 0.101. The van der Waals surface area contributed by atoms with Crippen molar-refractivity contribution in [2.24, 2.45) is 5.84 Å². The third-order valence-corrected chi connectivity index (χ3v) is 3.00. The van der Waals surface area contributed by atoms with Gasteiger partial charge in [-0.05, 0) is 38.2 Å². The van der Waals surface area contributed by atoms with Crippen LogP contribution in [0.4, 0.5) is 5.82 Å². The Bertz CT molecular complexity index is 375. The third kappa shape index (κ3) is 5.23. The normalized spacial score (nSPS) is 10.5. The van der Waals surface area contributed by atoms with E-state index in [0.29, 0.717) is 17.9 Å². The average molecular weight is 265 g/mol. The van der Waals surface area contributed by atoms with E-state index in [2.05, 4.69) is 34.5 Å². The number of nitrogens with two attached hydrogens (primary N) is 1. The van der Waals surface area contributed by atoms with E-state index in [-0.39, 0.29) is 5.91 Å². The maximum Gasteiger partial charge on any atom is 0.252 e. The molecular weight excluding hydrogens is 242 g/mol. The molecule has 1 rings (SSSR count). The molecule has 0 atom stereocenters. The van der Waals surface area contributed by atoms with Gasteiger partial charge in [0.25, 0.3) is 5.91 Å². The van der Waals surface area contributed by atoms with Crippen molar-refractivity contribution in [2.45, 2.75) is 20.3 Å². The number of pyridine rings is 1. The van der Waals surface area contributed by atoms with Crippen molar-refractivity contribution in [1.82, 2.24) is 15.2 Å². The summed E-state index contributed by atoms with van der Waals surface area (Å²) in [4.78, 5) is 18.1. The molecule has 1 aromatic rings. The van der Waals surface area contributed by atoms with Gasteiger partial charge in [-0.1, -0.05) is 13.8 Å². The van der Waals surface area contributed by atoms with Crippen LogP contribution in [0.15, 0.2) is 18.3 Å². The number of hydrazine groups is 1. The van der Waals surface area contributed by atoms with Crippen molar-refractivity contribution in [3.8, 4) is 0 Å². The van der Waals surface area contributed by atoms with Gasteiger partial charge < -0.3 is 15.6 Å². The molecule has 0 aliphatic carbocycles. The molecule has 0 fully saturated rings. The number of carbonyl (C=O) groups excluding carboxylic acids is 1. The van der Waals surface area contributed by atoms with E-state index >= 15 is 0 Å². The fourth-order valence-corrected chi connectivity index (χ4v) is 1.76. The van der Waals surface area contributed by atoms with Crippen LogP contribution in [-0.2, 0) is 0 Å². The number of rotatable bonds is 8. The van der Waals surface area contributed by atoms with Gasteiger partial charge in [0.2, 0.25) is 0 Å². The van der Waals surface area contributed by atoms with Crippen molar-refractivity contribution in [3.05, 3.63) is 23.9 Å². The highest BCUT2D eigenvalue weighted by Gasteiger charge is 2.05. The quantitative estimate of drug-likeness (QED) is 0.368. The molecule has 0 aliphatic heterocycles. The van der Waals surface area contributed by atoms with E-state index in [9.17, 15) is 4.79 Å². The van der Waals surface area contributed by atoms with E-state index in [0.717, 1.165) is 26.1 Å². The van der Waals surface area contributed by atoms with Crippen LogP contribution in [0.2, 0.25) is 0 Å². The highest BCUT2D eigenvalue weighted by Crippen LogP contribution is 2.03. The summed E-state index contributed by atoms with van der Waals surface area (Å²) in [6.45, 7) is 8.04. The van der Waals surface area contributed by atoms with Gasteiger partial charge in [0.05, 0.1) is 5.56 Å². The molecule has 1 amide bonds. The van der Waals surface area contributed by atoms with Gasteiger partial charge in [0.15, 0.2) is 0 Å². The lowest BCUT2D eigenvalue weighted by Crippen LogP contribution is -2.30. The van der Waals surface area contributed by atoms with Crippen LogP contribution in [0.1, 0.15) is 30.6 Å². The van der Waals surface area contributed by atoms with Gasteiger partial charge in [-0.15, -0.1) is 0 Å². The monoisotopic (exact) mass is 265 g/mol. The number of hydrogen-bond donors (Lipinski definition) is 3. The Morgan fingerprint density at radius 1 is 1.37 bits per heavy atom. The summed E-state index contributed by atoms with van der Waals surface area (Å²) in [6, 6.07) is 3.37. The smallest absolute Gasteiger partial charge is 0.252 e. The van der Waals surface area contributed by atoms with E-state index in [1.807, 2.05) is 0 Å². The van der Waals surface area contributed by atoms with Crippen molar-refractivity contribution in [2.75, 3.05) is 31.6 Å². The van der Waals surface area contributed by atoms with Gasteiger partial charge in [0.1, 0.15) is 5.82 Å². The first kappa shape index (κ1) is 15.4. The molecule has 0 aromatic carbocycles. The maximum absolute atomic E-state index is 11.8. The minimum atomic E-state index is -0.101. The summed E-state index contributed by atoms with van der Waals surface area (Å²) in [5.74, 6) is 5.65. The van der Waals surface area contributed by atoms with Crippen LogP contribution >= 0.6 is 0 Å². The number of hydrogen-bond acceptors (Lipinski definition) is 5. The van der Waals surface area contributed by atoms with Crippen LogP contribution in [0.25, 0.3) is 0 Å². The molecule has 0 saturated carbocycles. The molecule has 0 radical (unpaired) electrons. The fraction of sp³-hybridized carbons (Fsp3) is 0.538. The van der Waals surface area contributed by atoms with Gasteiger partial charge in [-0.3, -0.25) is 4.79 Å². The number of anilines is 1. The molecule has 0 saturated heterocycles. The van der Waals surface area contributed by atoms with Crippen molar-refractivity contribution in [3.63, 3.8) is 0 Å². The molecule has 4 N–H and O–H groups in total. The van der Waals surface area contributed by atoms with Crippen molar-refractivity contribution in [1.29, 1.82) is 0 Å². The first-order valence-electron chi connectivity index (χ1n) is 6.64. The molecule has 0 bridgehead atoms. The Morgan fingerprint density at radius 2 is 2.11 bits per heavy atom. The van der Waals surface area contributed by atoms with Crippen LogP contribution in [0.5, 0.6) is 0 Å². The Hall–Kier alpha value is -1.66. The second-order valence-corrected chi connectivity index (χ2v) is 4.21. The van der Waals surface area contributed by atoms with E-state index < -0.39 is 0 Å². The van der Waals surface area contributed by atoms with Crippen molar-refractivity contribution >= 4 is 11.7 Å². The molecule has 0 unspecified atom stereocenters. The first-order chi connectivity index (χ1) is 9.21. The zero-order valence-corrected chi connectivity index (χ0v) is 11.6.